The number of hydrogen-bond acceptors (Lipinski definition) is 5. The smallest absolute Gasteiger partial charge is 0.268 e. The quantitative estimate of drug-likeness (QED) is 0.670. The summed E-state index contributed by atoms with van der Waals surface area (Å²) in [4.78, 5) is 17.5. The van der Waals surface area contributed by atoms with E-state index in [2.05, 4.69) is 10.3 Å². The van der Waals surface area contributed by atoms with Crippen LogP contribution in [0, 0.1) is 24.4 Å². The molecule has 2 heterocycles. The summed E-state index contributed by atoms with van der Waals surface area (Å²) in [6.45, 7) is 2.07. The summed E-state index contributed by atoms with van der Waals surface area (Å²) in [5.74, 6) is -5.22. The Bertz CT molecular complexity index is 1020. The van der Waals surface area contributed by atoms with E-state index in [1.165, 1.54) is 7.11 Å². The molecule has 0 aliphatic carbocycles. The molecule has 1 amide bonds. The van der Waals surface area contributed by atoms with E-state index in [9.17, 15) is 18.0 Å². The zero-order chi connectivity index (χ0) is 19.0. The number of carbonyl (C=O) groups excluding carboxylic acids is 1. The van der Waals surface area contributed by atoms with Gasteiger partial charge in [-0.25, -0.2) is 18.2 Å². The minimum Gasteiger partial charge on any atom is -0.397 e. The Balaban J connectivity index is 2.03. The van der Waals surface area contributed by atoms with E-state index in [1.54, 1.807) is 13.0 Å². The average molecular weight is 381 g/mol. The lowest BCUT2D eigenvalue weighted by Gasteiger charge is -2.07. The molecule has 9 heteroatoms. The van der Waals surface area contributed by atoms with Crippen LogP contribution in [0.15, 0.2) is 18.2 Å². The third kappa shape index (κ3) is 3.11. The summed E-state index contributed by atoms with van der Waals surface area (Å²) >= 11 is 1.02. The Morgan fingerprint density at radius 3 is 2.73 bits per heavy atom. The third-order valence-electron chi connectivity index (χ3n) is 3.70. The maximum absolute atomic E-state index is 13.8. The molecule has 0 aliphatic rings. The van der Waals surface area contributed by atoms with Gasteiger partial charge in [0, 0.05) is 18.2 Å². The number of thiophene rings is 1. The lowest BCUT2D eigenvalue weighted by atomic mass is 10.1. The number of ether oxygens (including phenoxy) is 1. The molecule has 0 atom stereocenters. The molecule has 3 rings (SSSR count). The molecule has 0 spiro atoms. The van der Waals surface area contributed by atoms with E-state index in [0.29, 0.717) is 10.2 Å². The van der Waals surface area contributed by atoms with Crippen molar-refractivity contribution in [2.45, 2.75) is 13.5 Å². The first kappa shape index (κ1) is 18.2. The first-order valence-corrected chi connectivity index (χ1v) is 8.27. The molecular formula is C17H14F3N3O2S. The highest BCUT2D eigenvalue weighted by Crippen LogP contribution is 2.36. The largest absolute Gasteiger partial charge is 0.397 e. The van der Waals surface area contributed by atoms with E-state index in [-0.39, 0.29) is 17.2 Å². The molecule has 3 aromatic rings. The van der Waals surface area contributed by atoms with Crippen molar-refractivity contribution >= 4 is 38.8 Å². The molecule has 0 radical (unpaired) electrons. The molecule has 0 bridgehead atoms. The van der Waals surface area contributed by atoms with Crippen LogP contribution in [-0.2, 0) is 11.3 Å². The molecule has 0 saturated carbocycles. The summed E-state index contributed by atoms with van der Waals surface area (Å²) in [5.41, 5.74) is 7.28. The lowest BCUT2D eigenvalue weighted by molar-refractivity contribution is 0.103. The van der Waals surface area contributed by atoms with Gasteiger partial charge in [-0.15, -0.1) is 11.3 Å². The zero-order valence-electron chi connectivity index (χ0n) is 13.8. The molecule has 2 aromatic heterocycles. The molecule has 0 aliphatic heterocycles. The van der Waals surface area contributed by atoms with Crippen molar-refractivity contribution < 1.29 is 22.7 Å². The topological polar surface area (TPSA) is 77.2 Å². The normalized spacial score (nSPS) is 11.1. The molecule has 136 valence electrons. The number of anilines is 2. The number of aromatic nitrogens is 1. The molecular weight excluding hydrogens is 367 g/mol. The van der Waals surface area contributed by atoms with Crippen LogP contribution in [0.5, 0.6) is 0 Å². The first-order chi connectivity index (χ1) is 12.3. The number of nitrogens with two attached hydrogens (primary N) is 1. The standard InChI is InChI=1S/C17H14F3N3O2S/c1-7-5-8(6-25-2)11-14(21)15(26-17(11)22-7)16(24)23-10-4-3-9(18)12(19)13(10)20/h3-5H,6,21H2,1-2H3,(H,23,24). The molecule has 1 aromatic carbocycles. The number of aryl methyl sites for hydroxylation is 1. The van der Waals surface area contributed by atoms with Crippen molar-refractivity contribution in [1.29, 1.82) is 0 Å². The van der Waals surface area contributed by atoms with Gasteiger partial charge in [-0.05, 0) is 30.7 Å². The predicted octanol–water partition coefficient (Wildman–Crippen LogP) is 4.00. The number of carbonyl (C=O) groups is 1. The third-order valence-corrected chi connectivity index (χ3v) is 4.80. The zero-order valence-corrected chi connectivity index (χ0v) is 14.6. The maximum Gasteiger partial charge on any atom is 0.268 e. The van der Waals surface area contributed by atoms with Gasteiger partial charge in [0.25, 0.3) is 5.91 Å². The average Bonchev–Trinajstić information content (AvgIpc) is 2.92. The van der Waals surface area contributed by atoms with Crippen LogP contribution < -0.4 is 11.1 Å². The first-order valence-electron chi connectivity index (χ1n) is 7.45. The van der Waals surface area contributed by atoms with Crippen molar-refractivity contribution in [3.8, 4) is 0 Å². The van der Waals surface area contributed by atoms with Gasteiger partial charge in [-0.3, -0.25) is 4.79 Å². The molecule has 0 fully saturated rings. The van der Waals surface area contributed by atoms with Crippen LogP contribution in [0.4, 0.5) is 24.5 Å². The maximum atomic E-state index is 13.8. The number of rotatable bonds is 4. The van der Waals surface area contributed by atoms with Crippen molar-refractivity contribution in [3.05, 3.63) is 51.8 Å². The second kappa shape index (κ2) is 6.93. The molecule has 0 saturated heterocycles. The Morgan fingerprint density at radius 1 is 1.31 bits per heavy atom. The van der Waals surface area contributed by atoms with Gasteiger partial charge in [0.1, 0.15) is 9.71 Å². The Labute approximate surface area is 150 Å². The summed E-state index contributed by atoms with van der Waals surface area (Å²) < 4.78 is 45.3. The van der Waals surface area contributed by atoms with Crippen molar-refractivity contribution in [1.82, 2.24) is 4.98 Å². The van der Waals surface area contributed by atoms with Gasteiger partial charge in [-0.2, -0.15) is 0 Å². The molecule has 5 nitrogen and oxygen atoms in total. The van der Waals surface area contributed by atoms with Gasteiger partial charge in [0.05, 0.1) is 18.0 Å². The van der Waals surface area contributed by atoms with Crippen LogP contribution in [0.25, 0.3) is 10.2 Å². The van der Waals surface area contributed by atoms with E-state index in [0.717, 1.165) is 34.7 Å². The Hall–Kier alpha value is -2.65. The summed E-state index contributed by atoms with van der Waals surface area (Å²) in [6.07, 6.45) is 0. The summed E-state index contributed by atoms with van der Waals surface area (Å²) in [5, 5.41) is 2.80. The molecule has 3 N–H and O–H groups in total. The van der Waals surface area contributed by atoms with Crippen LogP contribution in [0.3, 0.4) is 0 Å². The fourth-order valence-electron chi connectivity index (χ4n) is 2.58. The number of hydrogen-bond donors (Lipinski definition) is 2. The SMILES string of the molecule is COCc1cc(C)nc2sc(C(=O)Nc3ccc(F)c(F)c3F)c(N)c12. The number of fused-ring (bicyclic) bond motifs is 1. The minimum atomic E-state index is -1.66. The monoisotopic (exact) mass is 381 g/mol. The predicted molar refractivity (Wildman–Crippen MR) is 93.8 cm³/mol. The second-order valence-electron chi connectivity index (χ2n) is 5.56. The van der Waals surface area contributed by atoms with Gasteiger partial charge in [0.2, 0.25) is 0 Å². The minimum absolute atomic E-state index is 0.0968. The van der Waals surface area contributed by atoms with E-state index >= 15 is 0 Å². The highest BCUT2D eigenvalue weighted by Gasteiger charge is 2.22. The van der Waals surface area contributed by atoms with Gasteiger partial charge >= 0.3 is 0 Å². The highest BCUT2D eigenvalue weighted by atomic mass is 32.1. The second-order valence-corrected chi connectivity index (χ2v) is 6.56. The Kier molecular flexibility index (Phi) is 4.84. The fraction of sp³-hybridized carbons (Fsp3) is 0.176. The molecule has 0 unspecified atom stereocenters. The number of amides is 1. The van der Waals surface area contributed by atoms with E-state index < -0.39 is 29.0 Å². The number of nitrogens with one attached hydrogen (secondary N) is 1. The van der Waals surface area contributed by atoms with Crippen molar-refractivity contribution in [2.24, 2.45) is 0 Å². The van der Waals surface area contributed by atoms with Crippen molar-refractivity contribution in [2.75, 3.05) is 18.2 Å². The van der Waals surface area contributed by atoms with Gasteiger partial charge < -0.3 is 15.8 Å². The van der Waals surface area contributed by atoms with Gasteiger partial charge in [-0.1, -0.05) is 0 Å². The van der Waals surface area contributed by atoms with E-state index in [4.69, 9.17) is 10.5 Å². The van der Waals surface area contributed by atoms with Crippen molar-refractivity contribution in [3.63, 3.8) is 0 Å². The Morgan fingerprint density at radius 2 is 2.04 bits per heavy atom. The van der Waals surface area contributed by atoms with Crippen LogP contribution in [-0.4, -0.2) is 18.0 Å². The number of pyridine rings is 1. The van der Waals surface area contributed by atoms with E-state index in [1.807, 2.05) is 0 Å². The number of nitrogen functional groups attached to an aromatic ring is 1. The van der Waals surface area contributed by atoms with Crippen LogP contribution in [0.2, 0.25) is 0 Å². The summed E-state index contributed by atoms with van der Waals surface area (Å²) in [6, 6.07) is 3.46. The number of nitrogens with zero attached hydrogens (tertiary/aromatic N) is 1. The summed E-state index contributed by atoms with van der Waals surface area (Å²) in [7, 11) is 1.53. The van der Waals surface area contributed by atoms with Gasteiger partial charge in [0.15, 0.2) is 17.5 Å². The number of benzene rings is 1. The van der Waals surface area contributed by atoms with Crippen LogP contribution in [0.1, 0.15) is 20.9 Å². The fourth-order valence-corrected chi connectivity index (χ4v) is 3.66. The number of halogens is 3. The number of methoxy groups -OCH3 is 1. The van der Waals surface area contributed by atoms with Crippen LogP contribution >= 0.6 is 11.3 Å². The highest BCUT2D eigenvalue weighted by molar-refractivity contribution is 7.21. The molecule has 26 heavy (non-hydrogen) atoms. The lowest BCUT2D eigenvalue weighted by Crippen LogP contribution is -2.14.